The average Bonchev–Trinajstić information content (AvgIpc) is 3.40. The Morgan fingerprint density at radius 1 is 1.00 bits per heavy atom. The lowest BCUT2D eigenvalue weighted by Crippen LogP contribution is -2.45. The summed E-state index contributed by atoms with van der Waals surface area (Å²) >= 11 is 0. The maximum Gasteiger partial charge on any atom is 0.240 e. The number of benzene rings is 2. The molecule has 2 aromatic heterocycles. The number of nitrogens with one attached hydrogen (secondary N) is 1. The number of carbonyl (C=O) groups excluding carboxylic acids is 2. The fraction of sp³-hybridized carbons (Fsp3) is 0.312. The van der Waals surface area contributed by atoms with E-state index in [9.17, 15) is 14.7 Å². The second-order valence-electron chi connectivity index (χ2n) is 11.1. The molecule has 0 bridgehead atoms. The van der Waals surface area contributed by atoms with Gasteiger partial charge in [0.05, 0.1) is 17.1 Å². The molecule has 2 amide bonds. The fourth-order valence-electron chi connectivity index (χ4n) is 4.51. The van der Waals surface area contributed by atoms with Crippen LogP contribution in [0, 0.1) is 0 Å². The first kappa shape index (κ1) is 28.5. The third kappa shape index (κ3) is 7.56. The molecule has 0 aliphatic rings. The van der Waals surface area contributed by atoms with E-state index in [2.05, 4.69) is 55.3 Å². The molecule has 4 N–H and O–H groups in total. The first-order chi connectivity index (χ1) is 19.1. The van der Waals surface area contributed by atoms with Gasteiger partial charge in [-0.05, 0) is 66.1 Å². The molecule has 0 aliphatic heterocycles. The summed E-state index contributed by atoms with van der Waals surface area (Å²) in [7, 11) is 0. The zero-order valence-electron chi connectivity index (χ0n) is 23.3. The van der Waals surface area contributed by atoms with Gasteiger partial charge in [-0.15, -0.1) is 0 Å². The SMILES string of the molecule is CC(C)(C)c1ccc(-c2ncccc2-n2ccc(CCCCC(=O)N[C@@H](Cc3ccc(O)cc3)C(N)=O)n2)cc1. The van der Waals surface area contributed by atoms with Crippen LogP contribution in [0.25, 0.3) is 16.9 Å². The average molecular weight is 540 g/mol. The summed E-state index contributed by atoms with van der Waals surface area (Å²) in [5.41, 5.74) is 11.4. The van der Waals surface area contributed by atoms with Gasteiger partial charge in [0.1, 0.15) is 11.8 Å². The Kier molecular flexibility index (Phi) is 8.99. The number of phenols is 1. The highest BCUT2D eigenvalue weighted by atomic mass is 16.3. The van der Waals surface area contributed by atoms with Gasteiger partial charge >= 0.3 is 0 Å². The van der Waals surface area contributed by atoms with Crippen molar-refractivity contribution < 1.29 is 14.7 Å². The predicted octanol–water partition coefficient (Wildman–Crippen LogP) is 4.86. The Labute approximate surface area is 235 Å². The minimum Gasteiger partial charge on any atom is -0.508 e. The number of rotatable bonds is 11. The molecule has 0 unspecified atom stereocenters. The molecule has 208 valence electrons. The van der Waals surface area contributed by atoms with Gasteiger partial charge in [0.15, 0.2) is 0 Å². The van der Waals surface area contributed by atoms with E-state index in [-0.39, 0.29) is 29.9 Å². The summed E-state index contributed by atoms with van der Waals surface area (Å²) in [5, 5.41) is 16.9. The van der Waals surface area contributed by atoms with E-state index in [0.717, 1.165) is 41.0 Å². The molecule has 0 saturated heterocycles. The van der Waals surface area contributed by atoms with E-state index < -0.39 is 11.9 Å². The lowest BCUT2D eigenvalue weighted by atomic mass is 9.86. The van der Waals surface area contributed by atoms with Gasteiger partial charge in [0, 0.05) is 30.8 Å². The number of primary amides is 1. The van der Waals surface area contributed by atoms with Gasteiger partial charge in [-0.3, -0.25) is 14.6 Å². The highest BCUT2D eigenvalue weighted by Gasteiger charge is 2.19. The number of aryl methyl sites for hydroxylation is 1. The van der Waals surface area contributed by atoms with Gasteiger partial charge in [-0.25, -0.2) is 4.68 Å². The Hall–Kier alpha value is -4.46. The van der Waals surface area contributed by atoms with Crippen molar-refractivity contribution in [3.05, 3.63) is 95.9 Å². The van der Waals surface area contributed by atoms with Crippen molar-refractivity contribution in [1.82, 2.24) is 20.1 Å². The number of aromatic nitrogens is 3. The van der Waals surface area contributed by atoms with Crippen molar-refractivity contribution in [3.63, 3.8) is 0 Å². The lowest BCUT2D eigenvalue weighted by molar-refractivity contribution is -0.127. The summed E-state index contributed by atoms with van der Waals surface area (Å²) in [6, 6.07) is 20.1. The van der Waals surface area contributed by atoms with Crippen molar-refractivity contribution in [1.29, 1.82) is 0 Å². The number of pyridine rings is 1. The molecule has 0 spiro atoms. The standard InChI is InChI=1S/C32H37N5O3/c1-32(2,3)24-14-12-23(13-15-24)30-28(8-6-19-34-30)37-20-18-25(36-37)7-4-5-9-29(39)35-27(31(33)40)21-22-10-16-26(38)17-11-22/h6,8,10-20,27,38H,4-5,7,9,21H2,1-3H3,(H2,33,40)(H,35,39)/t27-/m0/s1. The lowest BCUT2D eigenvalue weighted by Gasteiger charge is -2.19. The third-order valence-corrected chi connectivity index (χ3v) is 6.84. The molecular formula is C32H37N5O3. The largest absolute Gasteiger partial charge is 0.508 e. The highest BCUT2D eigenvalue weighted by molar-refractivity contribution is 5.86. The summed E-state index contributed by atoms with van der Waals surface area (Å²) in [6.45, 7) is 6.59. The quantitative estimate of drug-likeness (QED) is 0.235. The van der Waals surface area contributed by atoms with Crippen molar-refractivity contribution in [2.75, 3.05) is 0 Å². The molecule has 0 saturated carbocycles. The number of hydrogen-bond acceptors (Lipinski definition) is 5. The van der Waals surface area contributed by atoms with Crippen LogP contribution >= 0.6 is 0 Å². The zero-order chi connectivity index (χ0) is 28.7. The summed E-state index contributed by atoms with van der Waals surface area (Å²) < 4.78 is 1.85. The number of amides is 2. The van der Waals surface area contributed by atoms with Crippen molar-refractivity contribution in [2.24, 2.45) is 5.73 Å². The summed E-state index contributed by atoms with van der Waals surface area (Å²) in [5.74, 6) is -0.669. The molecule has 2 aromatic carbocycles. The highest BCUT2D eigenvalue weighted by Crippen LogP contribution is 2.28. The van der Waals surface area contributed by atoms with Crippen molar-refractivity contribution in [2.45, 2.75) is 64.3 Å². The van der Waals surface area contributed by atoms with E-state index in [1.807, 2.05) is 29.1 Å². The fourth-order valence-corrected chi connectivity index (χ4v) is 4.51. The maximum atomic E-state index is 12.5. The first-order valence-electron chi connectivity index (χ1n) is 13.6. The second kappa shape index (κ2) is 12.6. The van der Waals surface area contributed by atoms with Gasteiger partial charge in [0.25, 0.3) is 0 Å². The van der Waals surface area contributed by atoms with Crippen LogP contribution in [0.1, 0.15) is 56.9 Å². The van der Waals surface area contributed by atoms with Crippen LogP contribution in [0.4, 0.5) is 0 Å². The van der Waals surface area contributed by atoms with Gasteiger partial charge in [-0.2, -0.15) is 5.10 Å². The maximum absolute atomic E-state index is 12.5. The van der Waals surface area contributed by atoms with E-state index in [1.165, 1.54) is 17.7 Å². The molecule has 0 fully saturated rings. The number of nitrogens with zero attached hydrogens (tertiary/aromatic N) is 3. The van der Waals surface area contributed by atoms with Crippen LogP contribution in [0.2, 0.25) is 0 Å². The van der Waals surface area contributed by atoms with Crippen LogP contribution in [0.3, 0.4) is 0 Å². The normalized spacial score (nSPS) is 12.2. The molecule has 8 nitrogen and oxygen atoms in total. The molecule has 4 aromatic rings. The van der Waals surface area contributed by atoms with Gasteiger partial charge < -0.3 is 16.2 Å². The Morgan fingerprint density at radius 2 is 1.73 bits per heavy atom. The molecule has 1 atom stereocenters. The number of unbranched alkanes of at least 4 members (excludes halogenated alkanes) is 1. The van der Waals surface area contributed by atoms with Crippen LogP contribution in [0.15, 0.2) is 79.1 Å². The number of aromatic hydroxyl groups is 1. The van der Waals surface area contributed by atoms with Gasteiger partial charge in [-0.1, -0.05) is 57.2 Å². The molecule has 40 heavy (non-hydrogen) atoms. The van der Waals surface area contributed by atoms with Crippen LogP contribution in [0.5, 0.6) is 5.75 Å². The summed E-state index contributed by atoms with van der Waals surface area (Å²) in [6.07, 6.45) is 6.45. The summed E-state index contributed by atoms with van der Waals surface area (Å²) in [4.78, 5) is 29.0. The molecule has 8 heteroatoms. The Morgan fingerprint density at radius 3 is 2.40 bits per heavy atom. The molecule has 2 heterocycles. The third-order valence-electron chi connectivity index (χ3n) is 6.84. The zero-order valence-corrected chi connectivity index (χ0v) is 23.3. The van der Waals surface area contributed by atoms with Crippen LogP contribution < -0.4 is 11.1 Å². The first-order valence-corrected chi connectivity index (χ1v) is 13.6. The van der Waals surface area contributed by atoms with E-state index in [0.29, 0.717) is 6.42 Å². The monoisotopic (exact) mass is 539 g/mol. The molecule has 0 radical (unpaired) electrons. The van der Waals surface area contributed by atoms with E-state index >= 15 is 0 Å². The Balaban J connectivity index is 1.31. The van der Waals surface area contributed by atoms with E-state index in [4.69, 9.17) is 10.8 Å². The number of hydrogen-bond donors (Lipinski definition) is 3. The van der Waals surface area contributed by atoms with Crippen LogP contribution in [-0.2, 0) is 27.8 Å². The number of phenolic OH excluding ortho intramolecular Hbond substituents is 1. The van der Waals surface area contributed by atoms with Crippen molar-refractivity contribution in [3.8, 4) is 22.7 Å². The Bertz CT molecular complexity index is 1440. The minimum absolute atomic E-state index is 0.0837. The smallest absolute Gasteiger partial charge is 0.240 e. The second-order valence-corrected chi connectivity index (χ2v) is 11.1. The topological polar surface area (TPSA) is 123 Å². The molecule has 4 rings (SSSR count). The predicted molar refractivity (Wildman–Crippen MR) is 156 cm³/mol. The minimum atomic E-state index is -0.800. The number of carbonyl (C=O) groups is 2. The van der Waals surface area contributed by atoms with E-state index in [1.54, 1.807) is 18.3 Å². The van der Waals surface area contributed by atoms with Crippen LogP contribution in [-0.4, -0.2) is 37.7 Å². The van der Waals surface area contributed by atoms with Crippen molar-refractivity contribution >= 4 is 11.8 Å². The number of nitrogens with two attached hydrogens (primary N) is 1. The van der Waals surface area contributed by atoms with Gasteiger partial charge in [0.2, 0.25) is 11.8 Å². The molecular weight excluding hydrogens is 502 g/mol. The molecule has 0 aliphatic carbocycles.